The first-order valence-electron chi connectivity index (χ1n) is 10.5. The van der Waals surface area contributed by atoms with E-state index in [1.54, 1.807) is 11.8 Å². The molecule has 158 valence electrons. The number of anilines is 1. The third kappa shape index (κ3) is 4.86. The third-order valence-corrected chi connectivity index (χ3v) is 6.57. The molecule has 0 spiro atoms. The van der Waals surface area contributed by atoms with Crippen molar-refractivity contribution in [1.29, 1.82) is 0 Å². The van der Waals surface area contributed by atoms with Crippen LogP contribution in [0, 0.1) is 27.7 Å². The molecule has 1 heterocycles. The number of rotatable bonds is 6. The summed E-state index contributed by atoms with van der Waals surface area (Å²) < 4.78 is 2.27. The molecule has 0 aliphatic rings. The summed E-state index contributed by atoms with van der Waals surface area (Å²) in [7, 11) is 0. The van der Waals surface area contributed by atoms with Crippen molar-refractivity contribution in [3.05, 3.63) is 94.7 Å². The van der Waals surface area contributed by atoms with Crippen molar-refractivity contribution in [2.75, 3.05) is 11.1 Å². The Balaban J connectivity index is 1.51. The van der Waals surface area contributed by atoms with E-state index in [-0.39, 0.29) is 5.91 Å². The number of carbonyl (C=O) groups excluding carboxylic acids is 1. The molecule has 3 nitrogen and oxygen atoms in total. The second kappa shape index (κ2) is 9.03. The largest absolute Gasteiger partial charge is 0.342 e. The minimum absolute atomic E-state index is 0.0235. The number of nitrogens with zero attached hydrogens (tertiary/aromatic N) is 1. The SMILES string of the molecule is Cc1ccc(Cn2cc(SCC(=O)Nc3c(C)cc(C)cc3C)c3ccccc32)cc1. The van der Waals surface area contributed by atoms with E-state index in [0.29, 0.717) is 5.75 Å². The van der Waals surface area contributed by atoms with Gasteiger partial charge in [-0.1, -0.05) is 65.7 Å². The Morgan fingerprint density at radius 1 is 0.903 bits per heavy atom. The van der Waals surface area contributed by atoms with E-state index in [0.717, 1.165) is 28.3 Å². The molecule has 4 aromatic rings. The molecule has 1 N–H and O–H groups in total. The van der Waals surface area contributed by atoms with Gasteiger partial charge >= 0.3 is 0 Å². The summed E-state index contributed by atoms with van der Waals surface area (Å²) in [6.07, 6.45) is 2.17. The molecule has 0 fully saturated rings. The van der Waals surface area contributed by atoms with Crippen LogP contribution in [0.5, 0.6) is 0 Å². The number of thioether (sulfide) groups is 1. The second-order valence-corrected chi connectivity index (χ2v) is 9.25. The predicted octanol–water partition coefficient (Wildman–Crippen LogP) is 6.65. The van der Waals surface area contributed by atoms with Crippen LogP contribution >= 0.6 is 11.8 Å². The van der Waals surface area contributed by atoms with Gasteiger partial charge in [0.05, 0.1) is 5.75 Å². The summed E-state index contributed by atoms with van der Waals surface area (Å²) in [5, 5.41) is 4.30. The maximum Gasteiger partial charge on any atom is 0.234 e. The summed E-state index contributed by atoms with van der Waals surface area (Å²) in [4.78, 5) is 13.8. The fraction of sp³-hybridized carbons (Fsp3) is 0.222. The van der Waals surface area contributed by atoms with Crippen LogP contribution < -0.4 is 5.32 Å². The average Bonchev–Trinajstić information content (AvgIpc) is 3.08. The fourth-order valence-electron chi connectivity index (χ4n) is 4.05. The van der Waals surface area contributed by atoms with Crippen LogP contribution in [-0.2, 0) is 11.3 Å². The van der Waals surface area contributed by atoms with Crippen LogP contribution in [0.2, 0.25) is 0 Å². The Bertz CT molecular complexity index is 1220. The van der Waals surface area contributed by atoms with Crippen LogP contribution in [0.25, 0.3) is 10.9 Å². The standard InChI is InChI=1S/C27H28N2OS/c1-18-9-11-22(12-10-18)15-29-16-25(23-7-5-6-8-24(23)29)31-17-26(30)28-27-20(3)13-19(2)14-21(27)4/h5-14,16H,15,17H2,1-4H3,(H,28,30). The Labute approximate surface area is 188 Å². The fourth-order valence-corrected chi connectivity index (χ4v) is 4.93. The van der Waals surface area contributed by atoms with Crippen molar-refractivity contribution in [2.45, 2.75) is 39.1 Å². The van der Waals surface area contributed by atoms with Gasteiger partial charge in [-0.15, -0.1) is 11.8 Å². The molecule has 0 bridgehead atoms. The molecule has 0 aliphatic carbocycles. The molecule has 0 radical (unpaired) electrons. The lowest BCUT2D eigenvalue weighted by Gasteiger charge is -2.12. The maximum atomic E-state index is 12.7. The van der Waals surface area contributed by atoms with Crippen molar-refractivity contribution < 1.29 is 4.79 Å². The van der Waals surface area contributed by atoms with Gasteiger partial charge in [0, 0.05) is 34.2 Å². The van der Waals surface area contributed by atoms with Gasteiger partial charge in [-0.25, -0.2) is 0 Å². The van der Waals surface area contributed by atoms with Gasteiger partial charge in [0.2, 0.25) is 5.91 Å². The number of amides is 1. The predicted molar refractivity (Wildman–Crippen MR) is 132 cm³/mol. The molecular formula is C27H28N2OS. The lowest BCUT2D eigenvalue weighted by molar-refractivity contribution is -0.113. The Kier molecular flexibility index (Phi) is 6.19. The molecule has 4 rings (SSSR count). The summed E-state index contributed by atoms with van der Waals surface area (Å²) >= 11 is 1.59. The van der Waals surface area contributed by atoms with Gasteiger partial charge in [0.25, 0.3) is 0 Å². The highest BCUT2D eigenvalue weighted by molar-refractivity contribution is 8.00. The van der Waals surface area contributed by atoms with E-state index in [4.69, 9.17) is 0 Å². The normalized spacial score (nSPS) is 11.1. The number of carbonyl (C=O) groups is 1. The highest BCUT2D eigenvalue weighted by Crippen LogP contribution is 2.31. The van der Waals surface area contributed by atoms with E-state index in [2.05, 4.69) is 90.6 Å². The molecule has 1 amide bonds. The quantitative estimate of drug-likeness (QED) is 0.349. The topological polar surface area (TPSA) is 34.0 Å². The van der Waals surface area contributed by atoms with Gasteiger partial charge in [0.1, 0.15) is 0 Å². The highest BCUT2D eigenvalue weighted by atomic mass is 32.2. The average molecular weight is 429 g/mol. The van der Waals surface area contributed by atoms with Crippen molar-refractivity contribution in [2.24, 2.45) is 0 Å². The summed E-state index contributed by atoms with van der Waals surface area (Å²) in [5.74, 6) is 0.404. The zero-order valence-corrected chi connectivity index (χ0v) is 19.3. The van der Waals surface area contributed by atoms with Crippen LogP contribution in [-0.4, -0.2) is 16.2 Å². The van der Waals surface area contributed by atoms with Crippen molar-refractivity contribution in [1.82, 2.24) is 4.57 Å². The molecule has 3 aromatic carbocycles. The zero-order chi connectivity index (χ0) is 22.0. The van der Waals surface area contributed by atoms with Gasteiger partial charge < -0.3 is 9.88 Å². The second-order valence-electron chi connectivity index (χ2n) is 8.23. The van der Waals surface area contributed by atoms with Crippen molar-refractivity contribution in [3.8, 4) is 0 Å². The smallest absolute Gasteiger partial charge is 0.234 e. The van der Waals surface area contributed by atoms with E-state index in [9.17, 15) is 4.79 Å². The number of aromatic nitrogens is 1. The van der Waals surface area contributed by atoms with Crippen molar-refractivity contribution in [3.63, 3.8) is 0 Å². The molecule has 0 saturated heterocycles. The first-order chi connectivity index (χ1) is 14.9. The van der Waals surface area contributed by atoms with E-state index in [1.165, 1.54) is 27.6 Å². The molecule has 0 unspecified atom stereocenters. The zero-order valence-electron chi connectivity index (χ0n) is 18.5. The van der Waals surface area contributed by atoms with Gasteiger partial charge in [0.15, 0.2) is 0 Å². The van der Waals surface area contributed by atoms with E-state index < -0.39 is 0 Å². The van der Waals surface area contributed by atoms with E-state index in [1.807, 2.05) is 13.8 Å². The number of fused-ring (bicyclic) bond motifs is 1. The molecule has 4 heteroatoms. The minimum atomic E-state index is 0.0235. The van der Waals surface area contributed by atoms with Crippen LogP contribution in [0.15, 0.2) is 71.8 Å². The number of para-hydroxylation sites is 1. The minimum Gasteiger partial charge on any atom is -0.342 e. The number of hydrogen-bond acceptors (Lipinski definition) is 2. The summed E-state index contributed by atoms with van der Waals surface area (Å²) in [5.41, 5.74) is 8.07. The summed E-state index contributed by atoms with van der Waals surface area (Å²) in [6, 6.07) is 21.3. The first-order valence-corrected chi connectivity index (χ1v) is 11.5. The molecule has 0 saturated carbocycles. The van der Waals surface area contributed by atoms with E-state index >= 15 is 0 Å². The molecule has 31 heavy (non-hydrogen) atoms. The van der Waals surface area contributed by atoms with Crippen LogP contribution in [0.4, 0.5) is 5.69 Å². The van der Waals surface area contributed by atoms with Crippen molar-refractivity contribution >= 4 is 34.3 Å². The monoisotopic (exact) mass is 428 g/mol. The number of nitrogens with one attached hydrogen (secondary N) is 1. The first kappa shape index (κ1) is 21.3. The number of hydrogen-bond donors (Lipinski definition) is 1. The lowest BCUT2D eigenvalue weighted by Crippen LogP contribution is -2.15. The van der Waals surface area contributed by atoms with Gasteiger partial charge in [-0.05, 0) is 50.5 Å². The third-order valence-electron chi connectivity index (χ3n) is 5.53. The lowest BCUT2D eigenvalue weighted by atomic mass is 10.1. The number of aryl methyl sites for hydroxylation is 4. The van der Waals surface area contributed by atoms with Gasteiger partial charge in [-0.3, -0.25) is 4.79 Å². The van der Waals surface area contributed by atoms with Gasteiger partial charge in [-0.2, -0.15) is 0 Å². The maximum absolute atomic E-state index is 12.7. The number of benzene rings is 3. The summed E-state index contributed by atoms with van der Waals surface area (Å²) in [6.45, 7) is 9.08. The Morgan fingerprint density at radius 2 is 1.58 bits per heavy atom. The highest BCUT2D eigenvalue weighted by Gasteiger charge is 2.13. The molecule has 1 aromatic heterocycles. The molecular weight excluding hydrogens is 400 g/mol. The van der Waals surface area contributed by atoms with Crippen LogP contribution in [0.1, 0.15) is 27.8 Å². The van der Waals surface area contributed by atoms with Crippen LogP contribution in [0.3, 0.4) is 0 Å². The Hall–Kier alpha value is -2.98. The Morgan fingerprint density at radius 3 is 2.29 bits per heavy atom. The molecule has 0 atom stereocenters. The molecule has 0 aliphatic heterocycles.